The minimum Gasteiger partial charge on any atom is -0.491 e. The Kier molecular flexibility index (Phi) is 7.23. The summed E-state index contributed by atoms with van der Waals surface area (Å²) in [6.45, 7) is 8.16. The molecule has 0 aromatic heterocycles. The molecule has 6 nitrogen and oxygen atoms in total. The molecule has 27 heavy (non-hydrogen) atoms. The van der Waals surface area contributed by atoms with Gasteiger partial charge in [-0.05, 0) is 51.0 Å². The topological polar surface area (TPSA) is 76.7 Å². The van der Waals surface area contributed by atoms with E-state index in [0.717, 1.165) is 16.9 Å². The van der Waals surface area contributed by atoms with Crippen molar-refractivity contribution < 1.29 is 19.1 Å². The van der Waals surface area contributed by atoms with Gasteiger partial charge >= 0.3 is 12.0 Å². The fourth-order valence-electron chi connectivity index (χ4n) is 2.64. The van der Waals surface area contributed by atoms with Crippen LogP contribution in [0.1, 0.15) is 35.3 Å². The van der Waals surface area contributed by atoms with E-state index >= 15 is 0 Å². The Morgan fingerprint density at radius 3 is 2.37 bits per heavy atom. The highest BCUT2D eigenvalue weighted by Gasteiger charge is 2.15. The molecule has 1 unspecified atom stereocenters. The third-order valence-corrected chi connectivity index (χ3v) is 3.93. The molecule has 0 fully saturated rings. The van der Waals surface area contributed by atoms with Crippen molar-refractivity contribution in [2.45, 2.75) is 33.7 Å². The first-order valence-electron chi connectivity index (χ1n) is 8.95. The summed E-state index contributed by atoms with van der Waals surface area (Å²) >= 11 is 0. The summed E-state index contributed by atoms with van der Waals surface area (Å²) in [4.78, 5) is 24.2. The number of anilines is 1. The number of nitrogens with one attached hydrogen (secondary N) is 2. The van der Waals surface area contributed by atoms with Gasteiger partial charge in [0.2, 0.25) is 0 Å². The van der Waals surface area contributed by atoms with Crippen molar-refractivity contribution in [2.24, 2.45) is 0 Å². The van der Waals surface area contributed by atoms with Crippen molar-refractivity contribution in [3.05, 3.63) is 59.2 Å². The van der Waals surface area contributed by atoms with E-state index in [-0.39, 0.29) is 12.6 Å². The van der Waals surface area contributed by atoms with Crippen molar-refractivity contribution in [3.8, 4) is 5.75 Å². The van der Waals surface area contributed by atoms with Gasteiger partial charge in [-0.15, -0.1) is 0 Å². The van der Waals surface area contributed by atoms with E-state index in [1.165, 1.54) is 0 Å². The lowest BCUT2D eigenvalue weighted by molar-refractivity contribution is 0.0527. The van der Waals surface area contributed by atoms with Gasteiger partial charge in [0.05, 0.1) is 23.9 Å². The van der Waals surface area contributed by atoms with Crippen LogP contribution in [0.25, 0.3) is 0 Å². The second-order valence-electron chi connectivity index (χ2n) is 6.30. The number of esters is 1. The van der Waals surface area contributed by atoms with Crippen molar-refractivity contribution >= 4 is 17.7 Å². The Labute approximate surface area is 159 Å². The Balaban J connectivity index is 1.93. The lowest BCUT2D eigenvalue weighted by atomic mass is 10.1. The van der Waals surface area contributed by atoms with Crippen LogP contribution in [0.4, 0.5) is 10.5 Å². The molecular formula is C21H26N2O4. The van der Waals surface area contributed by atoms with Gasteiger partial charge in [0.15, 0.2) is 0 Å². The Morgan fingerprint density at radius 2 is 1.70 bits per heavy atom. The predicted molar refractivity (Wildman–Crippen MR) is 105 cm³/mol. The molecule has 1 atom stereocenters. The molecule has 0 saturated carbocycles. The monoisotopic (exact) mass is 370 g/mol. The molecule has 2 aromatic carbocycles. The van der Waals surface area contributed by atoms with E-state index in [4.69, 9.17) is 9.47 Å². The minimum absolute atomic E-state index is 0.223. The predicted octanol–water partition coefficient (Wildman–Crippen LogP) is 4.07. The number of hydrogen-bond donors (Lipinski definition) is 2. The first-order valence-corrected chi connectivity index (χ1v) is 8.95. The van der Waals surface area contributed by atoms with Crippen LogP contribution in [0.5, 0.6) is 5.75 Å². The summed E-state index contributed by atoms with van der Waals surface area (Å²) in [7, 11) is 0. The van der Waals surface area contributed by atoms with Crippen LogP contribution < -0.4 is 15.4 Å². The number of carbonyl (C=O) groups is 2. The Bertz CT molecular complexity index is 784. The molecule has 0 heterocycles. The van der Waals surface area contributed by atoms with Gasteiger partial charge in [-0.2, -0.15) is 0 Å². The van der Waals surface area contributed by atoms with Crippen molar-refractivity contribution in [3.63, 3.8) is 0 Å². The van der Waals surface area contributed by atoms with Crippen molar-refractivity contribution in [2.75, 3.05) is 18.5 Å². The third-order valence-electron chi connectivity index (χ3n) is 3.93. The third kappa shape index (κ3) is 5.74. The minimum atomic E-state index is -0.472. The van der Waals surface area contributed by atoms with Gasteiger partial charge in [0.25, 0.3) is 0 Å². The fraction of sp³-hybridized carbons (Fsp3) is 0.333. The molecule has 144 valence electrons. The smallest absolute Gasteiger partial charge is 0.340 e. The maximum atomic E-state index is 12.3. The van der Waals surface area contributed by atoms with Crippen LogP contribution in [0, 0.1) is 13.8 Å². The zero-order chi connectivity index (χ0) is 19.8. The van der Waals surface area contributed by atoms with Crippen molar-refractivity contribution in [1.29, 1.82) is 0 Å². The molecule has 2 N–H and O–H groups in total. The highest BCUT2D eigenvalue weighted by molar-refractivity contribution is 6.00. The number of para-hydroxylation sites is 2. The van der Waals surface area contributed by atoms with Crippen LogP contribution in [-0.2, 0) is 4.74 Å². The number of carbonyl (C=O) groups excluding carboxylic acids is 2. The molecule has 0 aliphatic carbocycles. The van der Waals surface area contributed by atoms with Gasteiger partial charge in [0, 0.05) is 0 Å². The Hall–Kier alpha value is -3.02. The van der Waals surface area contributed by atoms with E-state index in [0.29, 0.717) is 17.9 Å². The number of benzene rings is 2. The van der Waals surface area contributed by atoms with Gasteiger partial charge in [-0.3, -0.25) is 0 Å². The maximum Gasteiger partial charge on any atom is 0.340 e. The number of urea groups is 1. The summed E-state index contributed by atoms with van der Waals surface area (Å²) in [6, 6.07) is 12.0. The molecule has 0 saturated heterocycles. The zero-order valence-electron chi connectivity index (χ0n) is 16.2. The molecule has 0 radical (unpaired) electrons. The molecule has 0 aliphatic rings. The molecule has 6 heteroatoms. The largest absolute Gasteiger partial charge is 0.491 e. The second-order valence-corrected chi connectivity index (χ2v) is 6.30. The van der Waals surface area contributed by atoms with Crippen molar-refractivity contribution in [1.82, 2.24) is 5.32 Å². The summed E-state index contributed by atoms with van der Waals surface area (Å²) in [5.74, 6) is 0.360. The average molecular weight is 370 g/mol. The average Bonchev–Trinajstić information content (AvgIpc) is 2.61. The summed E-state index contributed by atoms with van der Waals surface area (Å²) in [5, 5.41) is 5.50. The van der Waals surface area contributed by atoms with Crippen LogP contribution >= 0.6 is 0 Å². The molecule has 2 rings (SSSR count). The second kappa shape index (κ2) is 9.62. The molecule has 0 aliphatic heterocycles. The molecule has 2 aromatic rings. The van der Waals surface area contributed by atoms with E-state index in [1.807, 2.05) is 39.0 Å². The number of hydrogen-bond acceptors (Lipinski definition) is 4. The summed E-state index contributed by atoms with van der Waals surface area (Å²) in [5.41, 5.74) is 2.82. The van der Waals surface area contributed by atoms with E-state index in [1.54, 1.807) is 31.2 Å². The highest BCUT2D eigenvalue weighted by Crippen LogP contribution is 2.22. The zero-order valence-corrected chi connectivity index (χ0v) is 16.2. The van der Waals surface area contributed by atoms with Crippen LogP contribution in [0.2, 0.25) is 0 Å². The SMILES string of the molecule is CCOC(=O)c1ccccc1NC(=O)NC(C)COc1c(C)cccc1C. The van der Waals surface area contributed by atoms with Gasteiger partial charge in [-0.1, -0.05) is 30.3 Å². The van der Waals surface area contributed by atoms with Gasteiger partial charge < -0.3 is 20.1 Å². The number of amides is 2. The maximum absolute atomic E-state index is 12.3. The summed E-state index contributed by atoms with van der Waals surface area (Å²) < 4.78 is 10.9. The quantitative estimate of drug-likeness (QED) is 0.721. The molecule has 0 spiro atoms. The fourth-order valence-corrected chi connectivity index (χ4v) is 2.64. The standard InChI is InChI=1S/C21H26N2O4/c1-5-26-20(24)17-11-6-7-12-18(17)23-21(25)22-16(4)13-27-19-14(2)9-8-10-15(19)3/h6-12,16H,5,13H2,1-4H3,(H2,22,23,25). The number of aryl methyl sites for hydroxylation is 2. The number of rotatable bonds is 7. The Morgan fingerprint density at radius 1 is 1.04 bits per heavy atom. The van der Waals surface area contributed by atoms with Gasteiger partial charge in [0.1, 0.15) is 12.4 Å². The normalized spacial score (nSPS) is 11.4. The summed E-state index contributed by atoms with van der Waals surface area (Å²) in [6.07, 6.45) is 0. The van der Waals surface area contributed by atoms with E-state index < -0.39 is 12.0 Å². The lowest BCUT2D eigenvalue weighted by Crippen LogP contribution is -2.39. The van der Waals surface area contributed by atoms with Crippen LogP contribution in [-0.4, -0.2) is 31.3 Å². The lowest BCUT2D eigenvalue weighted by Gasteiger charge is -2.18. The first kappa shape index (κ1) is 20.3. The van der Waals surface area contributed by atoms with E-state index in [2.05, 4.69) is 10.6 Å². The number of ether oxygens (including phenoxy) is 2. The molecule has 2 amide bonds. The molecule has 0 bridgehead atoms. The highest BCUT2D eigenvalue weighted by atomic mass is 16.5. The van der Waals surface area contributed by atoms with Gasteiger partial charge in [-0.25, -0.2) is 9.59 Å². The van der Waals surface area contributed by atoms with Crippen LogP contribution in [0.3, 0.4) is 0 Å². The molecular weight excluding hydrogens is 344 g/mol. The first-order chi connectivity index (χ1) is 12.9. The van der Waals surface area contributed by atoms with Crippen LogP contribution in [0.15, 0.2) is 42.5 Å². The van der Waals surface area contributed by atoms with E-state index in [9.17, 15) is 9.59 Å².